The minimum atomic E-state index is -0.469. The molecule has 0 heterocycles. The monoisotopic (exact) mass is 351 g/mol. The molecular weight excluding hydrogens is 322 g/mol. The summed E-state index contributed by atoms with van der Waals surface area (Å²) in [5.41, 5.74) is 1.82. The summed E-state index contributed by atoms with van der Waals surface area (Å²) in [6.45, 7) is 8.71. The van der Waals surface area contributed by atoms with Gasteiger partial charge < -0.3 is 15.2 Å². The minimum absolute atomic E-state index is 0.349. The van der Waals surface area contributed by atoms with Gasteiger partial charge in [0.25, 0.3) is 0 Å². The Bertz CT molecular complexity index is 559. The van der Waals surface area contributed by atoms with Crippen LogP contribution in [0.4, 0.5) is 0 Å². The van der Waals surface area contributed by atoms with Gasteiger partial charge in [-0.3, -0.25) is 0 Å². The average molecular weight is 352 g/mol. The molecule has 3 rings (SSSR count). The lowest BCUT2D eigenvalue weighted by Crippen LogP contribution is -2.47. The first-order valence-corrected chi connectivity index (χ1v) is 9.44. The van der Waals surface area contributed by atoms with Crippen LogP contribution in [0.2, 0.25) is 5.02 Å². The van der Waals surface area contributed by atoms with Gasteiger partial charge in [-0.05, 0) is 53.7 Å². The van der Waals surface area contributed by atoms with Crippen LogP contribution < -0.4 is 5.32 Å². The number of hydrogen-bond acceptors (Lipinski definition) is 3. The van der Waals surface area contributed by atoms with Crippen LogP contribution in [-0.2, 0) is 11.3 Å². The predicted octanol–water partition coefficient (Wildman–Crippen LogP) is 4.02. The van der Waals surface area contributed by atoms with Crippen molar-refractivity contribution in [3.8, 4) is 0 Å². The average Bonchev–Trinajstić information content (AvgIpc) is 2.88. The minimum Gasteiger partial charge on any atom is -0.389 e. The maximum atomic E-state index is 10.2. The molecule has 1 aromatic carbocycles. The third-order valence-electron chi connectivity index (χ3n) is 6.89. The molecular formula is C20H30ClNO2. The van der Waals surface area contributed by atoms with Crippen molar-refractivity contribution in [3.63, 3.8) is 0 Å². The van der Waals surface area contributed by atoms with Crippen LogP contribution in [-0.4, -0.2) is 30.4 Å². The quantitative estimate of drug-likeness (QED) is 0.779. The van der Waals surface area contributed by atoms with Crippen LogP contribution in [0.5, 0.6) is 0 Å². The topological polar surface area (TPSA) is 41.5 Å². The molecule has 0 spiro atoms. The molecule has 0 radical (unpaired) electrons. The van der Waals surface area contributed by atoms with E-state index in [1.54, 1.807) is 0 Å². The number of aliphatic hydroxyl groups is 1. The summed E-state index contributed by atoms with van der Waals surface area (Å²) in [4.78, 5) is 0. The molecule has 2 bridgehead atoms. The molecule has 4 heteroatoms. The fourth-order valence-corrected chi connectivity index (χ4v) is 4.87. The van der Waals surface area contributed by atoms with E-state index < -0.39 is 6.10 Å². The molecule has 0 saturated heterocycles. The summed E-state index contributed by atoms with van der Waals surface area (Å²) < 4.78 is 5.63. The Kier molecular flexibility index (Phi) is 5.27. The Labute approximate surface area is 150 Å². The third-order valence-corrected chi connectivity index (χ3v) is 7.14. The van der Waals surface area contributed by atoms with Crippen molar-refractivity contribution >= 4 is 11.6 Å². The number of halogens is 1. The van der Waals surface area contributed by atoms with E-state index >= 15 is 0 Å². The molecule has 2 aliphatic carbocycles. The normalized spacial score (nSPS) is 32.2. The molecule has 0 aliphatic heterocycles. The summed E-state index contributed by atoms with van der Waals surface area (Å²) >= 11 is 5.87. The number of fused-ring (bicyclic) bond motifs is 2. The number of hydrogen-bond donors (Lipinski definition) is 2. The number of nitrogens with one attached hydrogen (secondary N) is 1. The summed E-state index contributed by atoms with van der Waals surface area (Å²) in [6, 6.07) is 8.12. The first-order chi connectivity index (χ1) is 11.3. The Hall–Kier alpha value is -0.610. The van der Waals surface area contributed by atoms with E-state index in [-0.39, 0.29) is 0 Å². The van der Waals surface area contributed by atoms with E-state index in [2.05, 4.69) is 26.1 Å². The highest BCUT2D eigenvalue weighted by molar-refractivity contribution is 6.30. The summed E-state index contributed by atoms with van der Waals surface area (Å²) in [6.07, 6.45) is 3.42. The SMILES string of the molecule is CC1(C)[C@H]2CC[C@]1(C)[C@H](NC[C@@H](O)COCc1ccc(Cl)cc1)C2. The van der Waals surface area contributed by atoms with Crippen LogP contribution in [0.25, 0.3) is 0 Å². The van der Waals surface area contributed by atoms with E-state index in [1.165, 1.54) is 19.3 Å². The molecule has 1 aromatic rings. The van der Waals surface area contributed by atoms with Gasteiger partial charge in [0.1, 0.15) is 0 Å². The van der Waals surface area contributed by atoms with Gasteiger partial charge >= 0.3 is 0 Å². The van der Waals surface area contributed by atoms with E-state index in [1.807, 2.05) is 24.3 Å². The van der Waals surface area contributed by atoms with Gasteiger partial charge in [-0.1, -0.05) is 44.5 Å². The molecule has 0 unspecified atom stereocenters. The molecule has 0 aromatic heterocycles. The number of ether oxygens (including phenoxy) is 1. The van der Waals surface area contributed by atoms with Crippen molar-refractivity contribution in [1.82, 2.24) is 5.32 Å². The molecule has 2 aliphatic rings. The van der Waals surface area contributed by atoms with Gasteiger partial charge in [-0.15, -0.1) is 0 Å². The lowest BCUT2D eigenvalue weighted by Gasteiger charge is -2.40. The van der Waals surface area contributed by atoms with Gasteiger partial charge in [0.15, 0.2) is 0 Å². The Balaban J connectivity index is 1.40. The van der Waals surface area contributed by atoms with Crippen molar-refractivity contribution in [1.29, 1.82) is 0 Å². The van der Waals surface area contributed by atoms with Crippen molar-refractivity contribution < 1.29 is 9.84 Å². The van der Waals surface area contributed by atoms with Crippen LogP contribution >= 0.6 is 11.6 Å². The summed E-state index contributed by atoms with van der Waals surface area (Å²) in [7, 11) is 0. The van der Waals surface area contributed by atoms with Crippen molar-refractivity contribution in [2.45, 2.75) is 58.8 Å². The smallest absolute Gasteiger partial charge is 0.0897 e. The zero-order valence-electron chi connectivity index (χ0n) is 15.0. The standard InChI is InChI=1S/C20H30ClNO2/c1-19(2)15-8-9-20(19,3)18(10-15)22-11-17(23)13-24-12-14-4-6-16(21)7-5-14/h4-7,15,17-18,22-23H,8-13H2,1-3H3/t15-,17+,18+,20+/m0/s1. The van der Waals surface area contributed by atoms with E-state index in [0.29, 0.717) is 36.6 Å². The molecule has 2 N–H and O–H groups in total. The van der Waals surface area contributed by atoms with Crippen LogP contribution in [0, 0.1) is 16.7 Å². The highest BCUT2D eigenvalue weighted by atomic mass is 35.5. The fourth-order valence-electron chi connectivity index (χ4n) is 4.74. The van der Waals surface area contributed by atoms with E-state index in [4.69, 9.17) is 16.3 Å². The molecule has 24 heavy (non-hydrogen) atoms. The maximum Gasteiger partial charge on any atom is 0.0897 e. The van der Waals surface area contributed by atoms with E-state index in [0.717, 1.165) is 16.5 Å². The lowest BCUT2D eigenvalue weighted by atomic mass is 9.69. The zero-order chi connectivity index (χ0) is 17.4. The first-order valence-electron chi connectivity index (χ1n) is 9.06. The Morgan fingerprint density at radius 3 is 2.58 bits per heavy atom. The second-order valence-electron chi connectivity index (χ2n) is 8.37. The van der Waals surface area contributed by atoms with Crippen molar-refractivity contribution in [2.24, 2.45) is 16.7 Å². The maximum absolute atomic E-state index is 10.2. The third kappa shape index (κ3) is 3.37. The largest absolute Gasteiger partial charge is 0.389 e. The van der Waals surface area contributed by atoms with Crippen LogP contribution in [0.3, 0.4) is 0 Å². The number of rotatable bonds is 7. The van der Waals surface area contributed by atoms with Gasteiger partial charge in [0.2, 0.25) is 0 Å². The number of aliphatic hydroxyl groups excluding tert-OH is 1. The van der Waals surface area contributed by atoms with E-state index in [9.17, 15) is 5.11 Å². The Morgan fingerprint density at radius 1 is 1.29 bits per heavy atom. The fraction of sp³-hybridized carbons (Fsp3) is 0.700. The second-order valence-corrected chi connectivity index (χ2v) is 8.80. The van der Waals surface area contributed by atoms with Crippen LogP contribution in [0.15, 0.2) is 24.3 Å². The van der Waals surface area contributed by atoms with Crippen molar-refractivity contribution in [3.05, 3.63) is 34.9 Å². The highest BCUT2D eigenvalue weighted by Crippen LogP contribution is 2.65. The van der Waals surface area contributed by atoms with Crippen molar-refractivity contribution in [2.75, 3.05) is 13.2 Å². The summed E-state index contributed by atoms with van der Waals surface area (Å²) in [5.74, 6) is 0.818. The molecule has 3 nitrogen and oxygen atoms in total. The number of benzene rings is 1. The highest BCUT2D eigenvalue weighted by Gasteiger charge is 2.60. The molecule has 2 saturated carbocycles. The van der Waals surface area contributed by atoms with Gasteiger partial charge in [0.05, 0.1) is 19.3 Å². The Morgan fingerprint density at radius 2 is 2.00 bits per heavy atom. The first kappa shape index (κ1) is 18.2. The molecule has 4 atom stereocenters. The summed E-state index contributed by atoms with van der Waals surface area (Å²) in [5, 5.41) is 14.6. The van der Waals surface area contributed by atoms with Gasteiger partial charge in [-0.2, -0.15) is 0 Å². The lowest BCUT2D eigenvalue weighted by molar-refractivity contribution is 0.0231. The van der Waals surface area contributed by atoms with Gasteiger partial charge in [0, 0.05) is 17.6 Å². The molecule has 134 valence electrons. The zero-order valence-corrected chi connectivity index (χ0v) is 15.8. The second kappa shape index (κ2) is 6.95. The molecule has 0 amide bonds. The molecule has 2 fully saturated rings. The predicted molar refractivity (Wildman–Crippen MR) is 98.1 cm³/mol. The van der Waals surface area contributed by atoms with Gasteiger partial charge in [-0.25, -0.2) is 0 Å². The van der Waals surface area contributed by atoms with Crippen LogP contribution in [0.1, 0.15) is 45.6 Å².